The van der Waals surface area contributed by atoms with Gasteiger partial charge in [0.05, 0.1) is 6.67 Å². The smallest absolute Gasteiger partial charge is 0.161 e. The van der Waals surface area contributed by atoms with Crippen molar-refractivity contribution in [2.75, 3.05) is 58.8 Å². The third-order valence-corrected chi connectivity index (χ3v) is 24.2. The van der Waals surface area contributed by atoms with Gasteiger partial charge in [-0.1, -0.05) is 172 Å². The maximum absolute atomic E-state index is 11.2. The zero-order chi connectivity index (χ0) is 109. The first-order valence-electron chi connectivity index (χ1n) is 50.3. The van der Waals surface area contributed by atoms with E-state index in [1.165, 1.54) is 141 Å². The van der Waals surface area contributed by atoms with Crippen LogP contribution in [0.1, 0.15) is 431 Å². The van der Waals surface area contributed by atoms with Gasteiger partial charge in [0, 0.05) is 68.5 Å². The van der Waals surface area contributed by atoms with Gasteiger partial charge in [0.1, 0.15) is 82.2 Å². The lowest BCUT2D eigenvalue weighted by atomic mass is 9.78. The molecule has 0 aliphatic heterocycles. The van der Waals surface area contributed by atoms with Gasteiger partial charge in [-0.25, -0.2) is 0 Å². The van der Waals surface area contributed by atoms with Crippen LogP contribution in [-0.2, 0) is 67.1 Å². The molecule has 29 nitrogen and oxygen atoms in total. The fourth-order valence-corrected chi connectivity index (χ4v) is 10.9. The molecule has 0 spiro atoms. The lowest BCUT2D eigenvalue weighted by molar-refractivity contribution is -0.143. The summed E-state index contributed by atoms with van der Waals surface area (Å²) in [6.45, 7) is 44.7. The molecular weight excluding hydrogens is 1790 g/mol. The molecule has 0 heterocycles. The van der Waals surface area contributed by atoms with Gasteiger partial charge in [-0.05, 0) is 289 Å². The third kappa shape index (κ3) is 99.5. The number of halogens is 2. The first-order chi connectivity index (χ1) is 63.2. The summed E-state index contributed by atoms with van der Waals surface area (Å²) in [5.74, 6) is 4.71. The van der Waals surface area contributed by atoms with Crippen LogP contribution in [0.25, 0.3) is 0 Å². The van der Waals surface area contributed by atoms with E-state index >= 15 is 0 Å². The van der Waals surface area contributed by atoms with Gasteiger partial charge in [0.25, 0.3) is 0 Å². The summed E-state index contributed by atoms with van der Waals surface area (Å²) in [6.07, 6.45) is 37.4. The lowest BCUT2D eigenvalue weighted by Gasteiger charge is -2.33. The molecule has 10 saturated carbocycles. The number of alkyl halides is 2. The SMILES string of the molecule is CC(=O)C(C)(C)O.CC(=O)C(C)O.CC(=O)C(O)C(C)C.CC(=O)C1(O)CC1.CC(=O)C1(O)CCC1.CC(=O)C1(O)CCCC1.CC(=O)C1(O)CCCCC1.CC(=O)C1(O)CCCCCC1.CC(=O)C1CC1.CC(=O)C1CCC1.CC(=O)C1CCCC1.CC(=O)C1CCCCC1.CC(=O)CO.CC(=O)CO.CC(C)CO.CC(CO)CCl.CC(CO)CF.CC1CC1.CCC(C)CO.CCCO. The van der Waals surface area contributed by atoms with Crippen LogP contribution in [-0.4, -0.2) is 262 Å². The molecule has 15 N–H and O–H groups in total. The summed E-state index contributed by atoms with van der Waals surface area (Å²) >= 11 is 5.29. The van der Waals surface area contributed by atoms with Crippen molar-refractivity contribution in [2.45, 2.75) is 477 Å². The minimum absolute atomic E-state index is 0.0451. The second kappa shape index (κ2) is 91.0. The predicted molar refractivity (Wildman–Crippen MR) is 542 cm³/mol. The average molecular weight is 2000 g/mol. The number of hydrogen-bond donors (Lipinski definition) is 15. The molecule has 10 aliphatic rings. The van der Waals surface area contributed by atoms with Crippen molar-refractivity contribution >= 4 is 92.6 Å². The highest BCUT2D eigenvalue weighted by Crippen LogP contribution is 2.36. The van der Waals surface area contributed by atoms with Crippen LogP contribution >= 0.6 is 11.6 Å². The van der Waals surface area contributed by atoms with Crippen molar-refractivity contribution in [1.82, 2.24) is 0 Å². The van der Waals surface area contributed by atoms with E-state index in [4.69, 9.17) is 72.9 Å². The first-order valence-corrected chi connectivity index (χ1v) is 50.9. The van der Waals surface area contributed by atoms with Crippen molar-refractivity contribution in [3.05, 3.63) is 0 Å². The van der Waals surface area contributed by atoms with Gasteiger partial charge < -0.3 is 76.6 Å². The number of rotatable bonds is 23. The van der Waals surface area contributed by atoms with Crippen molar-refractivity contribution in [3.8, 4) is 0 Å². The van der Waals surface area contributed by atoms with E-state index in [-0.39, 0.29) is 102 Å². The molecule has 0 aromatic rings. The van der Waals surface area contributed by atoms with Crippen LogP contribution in [0.15, 0.2) is 0 Å². The monoisotopic (exact) mass is 1990 g/mol. The standard InChI is InChI=1S/C9H16O2.C8H14O2.C8H14O.C7H12O2.C7H12O.C6H10O2.C6H12O2.C6H10O.C5H8O2.C5H10O2.C5H8O.C5H12O.C4H9ClO.C4H9FO.C4H8O2.C4H10O.C4H8.2C3H6O2.C3H8O/c1-8(10)9(11)6-4-2-3-5-7-9;1-7(9)8(10)5-3-2-4-6-8;1-7(9)8-5-3-2-4-6-8;1-6(8)7(9)4-2-3-5-7;1-6(8)7-4-2-3-5-7;1-5(7)6(8)3-2-4-6;1-4(2)6(8)5(3)7;1-5(7)6-3-2-4-6;1-4(6)5(7)2-3-5;1-4(6)5(2,3)7;1-4(6)5-2-3-5;1-3-5(2)4-6;2*1-4(2-5)3-6;1-3(5)4(2)6;1-4(2)3-5;1-4-2-3-4;2*1-3(5)2-4;1-2-3-4/h11H,2-7H2,1H3;10H,2-6H2,1H3;8H,2-6H2,1H3;9H,2-5H2,1H3;7H,2-5H2,1H3;8H,2-4H2,1H3;4,6,8H,1-3H3;6H,2-4H2,1H3;7H,2-3H2,1H3;7H,1-3H3;5H,2-3H2,1H3;5-6H,3-4H2,1-2H3;2*4,6H,2-3H2,1H3;3,5H,1-2H3;4-5H,3H2,1-2H3;4H,2-3H2,1H3;2*4H,2H2,1H3;4H,2-3H2,1H3. The molecule has 0 saturated heterocycles. The molecule has 5 atom stereocenters. The Labute approximate surface area is 831 Å². The number of hydrogen-bond acceptors (Lipinski definition) is 29. The maximum Gasteiger partial charge on any atom is 0.161 e. The fourth-order valence-electron chi connectivity index (χ4n) is 10.8. The summed E-state index contributed by atoms with van der Waals surface area (Å²) in [6, 6.07) is 0. The van der Waals surface area contributed by atoms with Gasteiger partial charge in [-0.3, -0.25) is 71.5 Å². The number of carbonyl (C=O) groups excluding carboxylic acids is 14. The molecule has 0 aromatic carbocycles. The molecular formula is C106H202ClFO29. The minimum atomic E-state index is -1.14. The first kappa shape index (κ1) is 152. The molecule has 5 unspecified atom stereocenters. The maximum atomic E-state index is 11.2. The van der Waals surface area contributed by atoms with E-state index in [0.29, 0.717) is 149 Å². The van der Waals surface area contributed by atoms with Crippen molar-refractivity contribution in [1.29, 1.82) is 0 Å². The highest BCUT2D eigenvalue weighted by molar-refractivity contribution is 6.18. The highest BCUT2D eigenvalue weighted by Gasteiger charge is 2.45. The number of ketones is 14. The summed E-state index contributed by atoms with van der Waals surface area (Å²) in [7, 11) is 0. The fraction of sp³-hybridized carbons (Fsp3) is 0.868. The predicted octanol–water partition coefficient (Wildman–Crippen LogP) is 15.6. The van der Waals surface area contributed by atoms with Crippen LogP contribution in [0.3, 0.4) is 0 Å². The Bertz CT molecular complexity index is 3010. The zero-order valence-electron chi connectivity index (χ0n) is 90.3. The minimum Gasteiger partial charge on any atom is -0.396 e. The van der Waals surface area contributed by atoms with Crippen LogP contribution in [0, 0.1) is 59.2 Å². The van der Waals surface area contributed by atoms with E-state index in [9.17, 15) is 86.8 Å². The summed E-state index contributed by atoms with van der Waals surface area (Å²) < 4.78 is 11.2. The molecule has 0 radical (unpaired) electrons. The van der Waals surface area contributed by atoms with Gasteiger partial charge in [-0.2, -0.15) is 0 Å². The molecule has 10 fully saturated rings. The quantitative estimate of drug-likeness (QED) is 0.0334. The van der Waals surface area contributed by atoms with E-state index < -0.39 is 52.5 Å². The Kier molecular flexibility index (Phi) is 101. The largest absolute Gasteiger partial charge is 0.396 e. The van der Waals surface area contributed by atoms with Gasteiger partial charge in [0.15, 0.2) is 57.8 Å². The number of Topliss-reactive ketones (excluding diaryl/α,β-unsaturated/α-hetero) is 14. The molecule has 0 bridgehead atoms. The molecule has 10 aliphatic carbocycles. The molecule has 31 heteroatoms. The Morgan fingerprint density at radius 1 is 0.350 bits per heavy atom. The van der Waals surface area contributed by atoms with Crippen molar-refractivity contribution in [3.63, 3.8) is 0 Å². The van der Waals surface area contributed by atoms with E-state index in [2.05, 4.69) is 13.8 Å². The molecule has 0 aromatic heterocycles. The summed E-state index contributed by atoms with van der Waals surface area (Å²) in [4.78, 5) is 145. The van der Waals surface area contributed by atoms with Crippen molar-refractivity contribution < 1.29 is 148 Å². The Hall–Kier alpha value is -5.00. The van der Waals surface area contributed by atoms with Gasteiger partial charge in [0.2, 0.25) is 0 Å². The van der Waals surface area contributed by atoms with Gasteiger partial charge >= 0.3 is 0 Å². The van der Waals surface area contributed by atoms with Crippen molar-refractivity contribution in [2.24, 2.45) is 59.2 Å². The Morgan fingerprint density at radius 3 is 0.635 bits per heavy atom. The summed E-state index contributed by atoms with van der Waals surface area (Å²) in [5, 5.41) is 129. The zero-order valence-corrected chi connectivity index (χ0v) is 91.1. The topological polar surface area (TPSA) is 542 Å². The number of carbonyl (C=O) groups is 14. The lowest BCUT2D eigenvalue weighted by Crippen LogP contribution is -2.43. The van der Waals surface area contributed by atoms with Gasteiger partial charge in [-0.15, -0.1) is 11.6 Å². The molecule has 814 valence electrons. The van der Waals surface area contributed by atoms with Crippen LogP contribution in [0.4, 0.5) is 4.39 Å². The van der Waals surface area contributed by atoms with E-state index in [0.717, 1.165) is 134 Å². The number of aliphatic hydroxyl groups is 15. The second-order valence-corrected chi connectivity index (χ2v) is 39.9. The third-order valence-electron chi connectivity index (χ3n) is 23.7. The normalized spacial score (nSPS) is 18.5. The molecule has 137 heavy (non-hydrogen) atoms. The van der Waals surface area contributed by atoms with Crippen LogP contribution < -0.4 is 0 Å². The summed E-state index contributed by atoms with van der Waals surface area (Å²) in [5.41, 5.74) is -5.82. The molecule has 0 amide bonds. The highest BCUT2D eigenvalue weighted by atomic mass is 35.5. The van der Waals surface area contributed by atoms with Crippen LogP contribution in [0.5, 0.6) is 0 Å². The molecule has 10 rings (SSSR count). The van der Waals surface area contributed by atoms with Crippen LogP contribution in [0.2, 0.25) is 0 Å². The Balaban J connectivity index is -0.000000156. The van der Waals surface area contributed by atoms with E-state index in [1.54, 1.807) is 34.6 Å². The second-order valence-electron chi connectivity index (χ2n) is 39.6. The Morgan fingerprint density at radius 2 is 0.562 bits per heavy atom. The van der Waals surface area contributed by atoms with E-state index in [1.807, 2.05) is 48.5 Å². The average Bonchev–Trinajstić information content (AvgIpc) is 1.67. The number of aliphatic hydroxyl groups excluding tert-OH is 9.